The number of fused-ring (bicyclic) bond motifs is 1. The van der Waals surface area contributed by atoms with Crippen LogP contribution < -0.4 is 5.32 Å². The van der Waals surface area contributed by atoms with E-state index in [4.69, 9.17) is 4.98 Å². The summed E-state index contributed by atoms with van der Waals surface area (Å²) in [5.74, 6) is 0.760. The quantitative estimate of drug-likeness (QED) is 0.808. The van der Waals surface area contributed by atoms with Gasteiger partial charge in [-0.25, -0.2) is 14.4 Å². The van der Waals surface area contributed by atoms with Crippen molar-refractivity contribution in [1.82, 2.24) is 19.9 Å². The topological polar surface area (TPSA) is 42.7 Å². The molecule has 1 aliphatic heterocycles. The molecule has 0 radical (unpaired) electrons. The lowest BCUT2D eigenvalue weighted by molar-refractivity contribution is 0.464. The van der Waals surface area contributed by atoms with Gasteiger partial charge in [0.2, 0.25) is 0 Å². The summed E-state index contributed by atoms with van der Waals surface area (Å²) in [6.07, 6.45) is 4.97. The van der Waals surface area contributed by atoms with Gasteiger partial charge in [-0.15, -0.1) is 0 Å². The molecule has 112 valence electrons. The largest absolute Gasteiger partial charge is 0.297 e. The zero-order chi connectivity index (χ0) is 14.9. The van der Waals surface area contributed by atoms with Crippen molar-refractivity contribution in [2.45, 2.75) is 25.4 Å². The maximum Gasteiger partial charge on any atom is 0.161 e. The normalized spacial score (nSPS) is 18.1. The Labute approximate surface area is 128 Å². The van der Waals surface area contributed by atoms with Gasteiger partial charge in [-0.1, -0.05) is 12.1 Å². The smallest absolute Gasteiger partial charge is 0.161 e. The summed E-state index contributed by atoms with van der Waals surface area (Å²) in [7, 11) is 0. The van der Waals surface area contributed by atoms with Crippen LogP contribution >= 0.6 is 0 Å². The van der Waals surface area contributed by atoms with Crippen molar-refractivity contribution in [3.05, 3.63) is 59.8 Å². The van der Waals surface area contributed by atoms with Gasteiger partial charge in [-0.2, -0.15) is 0 Å². The first-order chi connectivity index (χ1) is 10.8. The molecule has 0 aliphatic carbocycles. The zero-order valence-electron chi connectivity index (χ0n) is 12.2. The molecule has 1 unspecified atom stereocenters. The number of rotatable bonds is 3. The summed E-state index contributed by atoms with van der Waals surface area (Å²) < 4.78 is 15.3. The highest BCUT2D eigenvalue weighted by atomic mass is 19.1. The van der Waals surface area contributed by atoms with Gasteiger partial charge in [-0.3, -0.25) is 9.88 Å². The molecule has 1 atom stereocenters. The molecule has 1 N–H and O–H groups in total. The van der Waals surface area contributed by atoms with Crippen LogP contribution in [0.4, 0.5) is 4.39 Å². The average molecular weight is 296 g/mol. The van der Waals surface area contributed by atoms with Gasteiger partial charge >= 0.3 is 0 Å². The molecule has 0 spiro atoms. The van der Waals surface area contributed by atoms with Crippen LogP contribution in [-0.2, 0) is 6.42 Å². The van der Waals surface area contributed by atoms with Crippen LogP contribution in [0.3, 0.4) is 0 Å². The molecule has 22 heavy (non-hydrogen) atoms. The zero-order valence-corrected chi connectivity index (χ0v) is 12.2. The maximum atomic E-state index is 13.1. The third kappa shape index (κ3) is 2.37. The molecule has 4 nitrogen and oxygen atoms in total. The van der Waals surface area contributed by atoms with Gasteiger partial charge in [-0.05, 0) is 49.2 Å². The molecule has 0 bridgehead atoms. The van der Waals surface area contributed by atoms with Gasteiger partial charge in [0.25, 0.3) is 0 Å². The number of hydrogen-bond donors (Lipinski definition) is 1. The lowest BCUT2D eigenvalue weighted by Crippen LogP contribution is -2.22. The van der Waals surface area contributed by atoms with Gasteiger partial charge in [0.1, 0.15) is 17.2 Å². The summed E-state index contributed by atoms with van der Waals surface area (Å²) in [6, 6.07) is 10.5. The summed E-state index contributed by atoms with van der Waals surface area (Å²) >= 11 is 0. The van der Waals surface area contributed by atoms with Gasteiger partial charge in [0.15, 0.2) is 5.65 Å². The Morgan fingerprint density at radius 1 is 1.23 bits per heavy atom. The fourth-order valence-corrected chi connectivity index (χ4v) is 3.10. The standard InChI is InChI=1S/C17H17FN4/c18-13-7-5-12(6-8-13)11-16-21-14-3-1-10-20-17(14)22(16)15-4-2-9-19-15/h1,3,5-8,10,15,19H,2,4,9,11H2. The van der Waals surface area contributed by atoms with Gasteiger partial charge < -0.3 is 0 Å². The van der Waals surface area contributed by atoms with E-state index in [-0.39, 0.29) is 12.0 Å². The van der Waals surface area contributed by atoms with Crippen LogP contribution in [0, 0.1) is 5.82 Å². The molecule has 3 aromatic rings. The van der Waals surface area contributed by atoms with E-state index in [0.717, 1.165) is 41.9 Å². The molecular weight excluding hydrogens is 279 g/mol. The minimum absolute atomic E-state index is 0.212. The van der Waals surface area contributed by atoms with Crippen molar-refractivity contribution in [2.75, 3.05) is 6.54 Å². The SMILES string of the molecule is Fc1ccc(Cc2nc3cccnc3n2C2CCCN2)cc1. The molecule has 1 fully saturated rings. The van der Waals surface area contributed by atoms with E-state index in [0.29, 0.717) is 6.42 Å². The van der Waals surface area contributed by atoms with E-state index in [2.05, 4.69) is 14.9 Å². The van der Waals surface area contributed by atoms with Crippen LogP contribution in [-0.4, -0.2) is 21.1 Å². The predicted octanol–water partition coefficient (Wildman–Crippen LogP) is 3.04. The minimum atomic E-state index is -0.212. The van der Waals surface area contributed by atoms with E-state index in [1.165, 1.54) is 12.1 Å². The Morgan fingerprint density at radius 3 is 2.86 bits per heavy atom. The van der Waals surface area contributed by atoms with Crippen molar-refractivity contribution in [1.29, 1.82) is 0 Å². The van der Waals surface area contributed by atoms with E-state index in [1.807, 2.05) is 24.3 Å². The van der Waals surface area contributed by atoms with Crippen molar-refractivity contribution in [3.63, 3.8) is 0 Å². The van der Waals surface area contributed by atoms with Crippen LogP contribution in [0.5, 0.6) is 0 Å². The fraction of sp³-hybridized carbons (Fsp3) is 0.294. The molecule has 1 saturated heterocycles. The summed E-state index contributed by atoms with van der Waals surface area (Å²) in [5.41, 5.74) is 2.88. The molecular formula is C17H17FN4. The van der Waals surface area contributed by atoms with Crippen LogP contribution in [0.25, 0.3) is 11.2 Å². The molecule has 5 heteroatoms. The second-order valence-corrected chi connectivity index (χ2v) is 5.66. The molecule has 3 heterocycles. The van der Waals surface area contributed by atoms with Gasteiger partial charge in [0, 0.05) is 12.6 Å². The lowest BCUT2D eigenvalue weighted by Gasteiger charge is -2.16. The lowest BCUT2D eigenvalue weighted by atomic mass is 10.1. The second-order valence-electron chi connectivity index (χ2n) is 5.66. The number of pyridine rings is 1. The molecule has 0 amide bonds. The Balaban J connectivity index is 1.78. The molecule has 0 saturated carbocycles. The highest BCUT2D eigenvalue weighted by molar-refractivity contribution is 5.71. The first kappa shape index (κ1) is 13.4. The second kappa shape index (κ2) is 5.50. The van der Waals surface area contributed by atoms with E-state index in [1.54, 1.807) is 6.20 Å². The Bertz CT molecular complexity index is 788. The number of aromatic nitrogens is 3. The summed E-state index contributed by atoms with van der Waals surface area (Å²) in [4.78, 5) is 9.24. The highest BCUT2D eigenvalue weighted by Crippen LogP contribution is 2.25. The van der Waals surface area contributed by atoms with E-state index < -0.39 is 0 Å². The molecule has 1 aromatic carbocycles. The maximum absolute atomic E-state index is 13.1. The highest BCUT2D eigenvalue weighted by Gasteiger charge is 2.22. The van der Waals surface area contributed by atoms with Gasteiger partial charge in [0.05, 0.1) is 6.17 Å². The van der Waals surface area contributed by atoms with Crippen LogP contribution in [0.1, 0.15) is 30.4 Å². The molecule has 1 aliphatic rings. The number of imidazole rings is 1. The molecule has 2 aromatic heterocycles. The summed E-state index contributed by atoms with van der Waals surface area (Å²) in [5, 5.41) is 3.51. The first-order valence-electron chi connectivity index (χ1n) is 7.61. The minimum Gasteiger partial charge on any atom is -0.297 e. The predicted molar refractivity (Wildman–Crippen MR) is 83.0 cm³/mol. The number of benzene rings is 1. The average Bonchev–Trinajstić information content (AvgIpc) is 3.16. The first-order valence-corrected chi connectivity index (χ1v) is 7.61. The van der Waals surface area contributed by atoms with Crippen LogP contribution in [0.2, 0.25) is 0 Å². The monoisotopic (exact) mass is 296 g/mol. The number of nitrogens with one attached hydrogen (secondary N) is 1. The Kier molecular flexibility index (Phi) is 3.35. The van der Waals surface area contributed by atoms with Crippen molar-refractivity contribution < 1.29 is 4.39 Å². The van der Waals surface area contributed by atoms with Crippen molar-refractivity contribution in [3.8, 4) is 0 Å². The summed E-state index contributed by atoms with van der Waals surface area (Å²) in [6.45, 7) is 1.02. The fourth-order valence-electron chi connectivity index (χ4n) is 3.10. The number of halogens is 1. The number of hydrogen-bond acceptors (Lipinski definition) is 3. The molecule has 4 rings (SSSR count). The van der Waals surface area contributed by atoms with Crippen LogP contribution in [0.15, 0.2) is 42.6 Å². The Morgan fingerprint density at radius 2 is 2.09 bits per heavy atom. The third-order valence-electron chi connectivity index (χ3n) is 4.14. The van der Waals surface area contributed by atoms with Crippen molar-refractivity contribution in [2.24, 2.45) is 0 Å². The third-order valence-corrected chi connectivity index (χ3v) is 4.14. The van der Waals surface area contributed by atoms with Crippen molar-refractivity contribution >= 4 is 11.2 Å². The van der Waals surface area contributed by atoms with E-state index in [9.17, 15) is 4.39 Å². The number of nitrogens with zero attached hydrogens (tertiary/aromatic N) is 3. The Hall–Kier alpha value is -2.27. The van der Waals surface area contributed by atoms with E-state index >= 15 is 0 Å².